The van der Waals surface area contributed by atoms with Crippen molar-refractivity contribution in [1.29, 1.82) is 0 Å². The highest BCUT2D eigenvalue weighted by atomic mass is 16.7. The lowest BCUT2D eigenvalue weighted by Crippen LogP contribution is -2.48. The minimum atomic E-state index is -1.67. The van der Waals surface area contributed by atoms with Gasteiger partial charge in [0.25, 0.3) is 0 Å². The third-order valence-corrected chi connectivity index (χ3v) is 8.09. The summed E-state index contributed by atoms with van der Waals surface area (Å²) in [5.74, 6) is 1.23. The predicted octanol–water partition coefficient (Wildman–Crippen LogP) is 3.67. The molecule has 0 radical (unpaired) electrons. The average molecular weight is 504 g/mol. The van der Waals surface area contributed by atoms with Crippen LogP contribution in [0.3, 0.4) is 0 Å². The minimum Gasteiger partial charge on any atom is -0.497 e. The van der Waals surface area contributed by atoms with Crippen molar-refractivity contribution < 1.29 is 34.0 Å². The fraction of sp³-hybridized carbons (Fsp3) is 0.679. The number of fused-ring (bicyclic) bond motifs is 3. The monoisotopic (exact) mass is 503 g/mol. The summed E-state index contributed by atoms with van der Waals surface area (Å²) in [5, 5.41) is 21.0. The maximum absolute atomic E-state index is 13.3. The van der Waals surface area contributed by atoms with Crippen LogP contribution >= 0.6 is 0 Å². The molecule has 0 amide bonds. The highest BCUT2D eigenvalue weighted by Crippen LogP contribution is 2.55. The third kappa shape index (κ3) is 4.59. The SMILES string of the molecule is C.COC1=C[C@]23CCCN2CCc2cc4c(cc2C3[C@@H]1OC(=O)[C@@](C)(O)CCCC(C)(C)O)OCO4. The van der Waals surface area contributed by atoms with Gasteiger partial charge in [-0.25, -0.2) is 4.79 Å². The first kappa shape index (κ1) is 26.8. The van der Waals surface area contributed by atoms with Crippen molar-refractivity contribution in [1.82, 2.24) is 4.90 Å². The second kappa shape index (κ2) is 9.54. The molecule has 1 aromatic rings. The van der Waals surface area contributed by atoms with Crippen LogP contribution in [0.4, 0.5) is 0 Å². The lowest BCUT2D eigenvalue weighted by atomic mass is 9.77. The molecule has 4 atom stereocenters. The minimum absolute atomic E-state index is 0. The molecule has 8 heteroatoms. The molecule has 1 saturated heterocycles. The Balaban J connectivity index is 0.00000304. The van der Waals surface area contributed by atoms with E-state index in [1.807, 2.05) is 6.07 Å². The summed E-state index contributed by atoms with van der Waals surface area (Å²) in [6.07, 6.45) is 5.52. The number of rotatable bonds is 7. The van der Waals surface area contributed by atoms with Crippen molar-refractivity contribution in [2.24, 2.45) is 0 Å². The second-order valence-electron chi connectivity index (χ2n) is 11.2. The molecular weight excluding hydrogens is 462 g/mol. The fourth-order valence-electron chi connectivity index (χ4n) is 6.30. The van der Waals surface area contributed by atoms with Crippen LogP contribution in [0, 0.1) is 0 Å². The van der Waals surface area contributed by atoms with E-state index in [4.69, 9.17) is 18.9 Å². The molecule has 4 aliphatic rings. The van der Waals surface area contributed by atoms with Crippen LogP contribution in [0.2, 0.25) is 0 Å². The number of carbonyl (C=O) groups excluding carboxylic acids is 1. The van der Waals surface area contributed by atoms with Gasteiger partial charge < -0.3 is 29.2 Å². The van der Waals surface area contributed by atoms with E-state index in [-0.39, 0.29) is 32.1 Å². The number of aliphatic hydroxyl groups is 2. The molecule has 1 unspecified atom stereocenters. The molecule has 1 fully saturated rings. The lowest BCUT2D eigenvalue weighted by molar-refractivity contribution is -0.171. The number of hydrogen-bond acceptors (Lipinski definition) is 8. The highest BCUT2D eigenvalue weighted by Gasteiger charge is 2.58. The molecule has 3 aliphatic heterocycles. The molecule has 1 spiro atoms. The average Bonchev–Trinajstić information content (AvgIpc) is 3.46. The number of benzene rings is 1. The Morgan fingerprint density at radius 2 is 1.89 bits per heavy atom. The quantitative estimate of drug-likeness (QED) is 0.544. The number of hydrogen-bond donors (Lipinski definition) is 2. The zero-order valence-electron chi connectivity index (χ0n) is 21.1. The maximum Gasteiger partial charge on any atom is 0.338 e. The van der Waals surface area contributed by atoms with E-state index in [0.717, 1.165) is 49.2 Å². The van der Waals surface area contributed by atoms with Crippen LogP contribution in [0.5, 0.6) is 11.5 Å². The lowest BCUT2D eigenvalue weighted by Gasteiger charge is -2.39. The van der Waals surface area contributed by atoms with Crippen molar-refractivity contribution in [2.45, 2.75) is 95.5 Å². The molecule has 1 aliphatic carbocycles. The maximum atomic E-state index is 13.3. The summed E-state index contributed by atoms with van der Waals surface area (Å²) >= 11 is 0. The Labute approximate surface area is 214 Å². The summed E-state index contributed by atoms with van der Waals surface area (Å²) < 4.78 is 23.3. The Hall–Kier alpha value is -2.29. The molecule has 1 aromatic carbocycles. The summed E-state index contributed by atoms with van der Waals surface area (Å²) in [7, 11) is 1.61. The first-order valence-corrected chi connectivity index (χ1v) is 12.6. The van der Waals surface area contributed by atoms with Crippen molar-refractivity contribution in [3.8, 4) is 11.5 Å². The van der Waals surface area contributed by atoms with Gasteiger partial charge in [-0.3, -0.25) is 4.90 Å². The Kier molecular flexibility index (Phi) is 7.09. The van der Waals surface area contributed by atoms with Gasteiger partial charge in [0.1, 0.15) is 5.76 Å². The molecule has 0 saturated carbocycles. The molecule has 36 heavy (non-hydrogen) atoms. The normalized spacial score (nSPS) is 28.1. The summed E-state index contributed by atoms with van der Waals surface area (Å²) in [6, 6.07) is 4.10. The molecule has 0 aromatic heterocycles. The Morgan fingerprint density at radius 1 is 1.17 bits per heavy atom. The van der Waals surface area contributed by atoms with Gasteiger partial charge in [0, 0.05) is 6.54 Å². The van der Waals surface area contributed by atoms with Crippen LogP contribution in [-0.4, -0.2) is 70.9 Å². The topological polar surface area (TPSA) is 97.7 Å². The van der Waals surface area contributed by atoms with Gasteiger partial charge in [-0.2, -0.15) is 0 Å². The molecular formula is C28H41NO7. The van der Waals surface area contributed by atoms with Gasteiger partial charge in [0.2, 0.25) is 6.79 Å². The fourth-order valence-corrected chi connectivity index (χ4v) is 6.30. The van der Waals surface area contributed by atoms with Gasteiger partial charge in [-0.05, 0) is 95.2 Å². The van der Waals surface area contributed by atoms with Crippen molar-refractivity contribution in [3.63, 3.8) is 0 Å². The van der Waals surface area contributed by atoms with Crippen LogP contribution < -0.4 is 9.47 Å². The van der Waals surface area contributed by atoms with E-state index < -0.39 is 23.3 Å². The van der Waals surface area contributed by atoms with Gasteiger partial charge in [0.15, 0.2) is 23.2 Å². The van der Waals surface area contributed by atoms with E-state index in [0.29, 0.717) is 24.4 Å². The van der Waals surface area contributed by atoms with E-state index in [1.54, 1.807) is 21.0 Å². The van der Waals surface area contributed by atoms with Gasteiger partial charge in [-0.1, -0.05) is 7.43 Å². The number of methoxy groups -OCH3 is 1. The zero-order chi connectivity index (χ0) is 25.0. The standard InChI is InChI=1S/C27H37NO7.CH4/c1-25(2,30)8-5-9-26(3,31)24(29)35-23-21(32-4)15-27-10-6-11-28(27)12-7-17-13-19-20(34-16-33-19)14-18(17)22(23)27;/h13-15,22-23,30-31H,5-12,16H2,1-4H3;1H4/t22?,23-,26+,27+;/m1./s1. The summed E-state index contributed by atoms with van der Waals surface area (Å²) in [4.78, 5) is 15.8. The third-order valence-electron chi connectivity index (χ3n) is 8.09. The van der Waals surface area contributed by atoms with Crippen LogP contribution in [0.15, 0.2) is 24.0 Å². The molecule has 2 N–H and O–H groups in total. The van der Waals surface area contributed by atoms with Gasteiger partial charge in [0.05, 0.1) is 24.2 Å². The highest BCUT2D eigenvalue weighted by molar-refractivity contribution is 5.79. The van der Waals surface area contributed by atoms with Crippen LogP contribution in [0.1, 0.15) is 77.3 Å². The Morgan fingerprint density at radius 3 is 2.58 bits per heavy atom. The van der Waals surface area contributed by atoms with E-state index in [9.17, 15) is 15.0 Å². The summed E-state index contributed by atoms with van der Waals surface area (Å²) in [5.41, 5.74) is -0.593. The number of ether oxygens (including phenoxy) is 4. The van der Waals surface area contributed by atoms with E-state index >= 15 is 0 Å². The molecule has 8 nitrogen and oxygen atoms in total. The van der Waals surface area contributed by atoms with Crippen molar-refractivity contribution in [3.05, 3.63) is 35.1 Å². The van der Waals surface area contributed by atoms with Crippen molar-refractivity contribution >= 4 is 5.97 Å². The van der Waals surface area contributed by atoms with E-state index in [1.165, 1.54) is 6.92 Å². The van der Waals surface area contributed by atoms with Crippen LogP contribution in [-0.2, 0) is 20.7 Å². The molecule has 200 valence electrons. The molecule has 3 heterocycles. The predicted molar refractivity (Wildman–Crippen MR) is 135 cm³/mol. The number of carbonyl (C=O) groups is 1. The Bertz CT molecular complexity index is 1030. The van der Waals surface area contributed by atoms with Crippen molar-refractivity contribution in [2.75, 3.05) is 27.0 Å². The molecule has 0 bridgehead atoms. The van der Waals surface area contributed by atoms with E-state index in [2.05, 4.69) is 17.0 Å². The number of esters is 1. The van der Waals surface area contributed by atoms with Crippen LogP contribution in [0.25, 0.3) is 0 Å². The first-order valence-electron chi connectivity index (χ1n) is 12.6. The van der Waals surface area contributed by atoms with Gasteiger partial charge >= 0.3 is 5.97 Å². The summed E-state index contributed by atoms with van der Waals surface area (Å²) in [6.45, 7) is 6.99. The second-order valence-corrected chi connectivity index (χ2v) is 11.2. The first-order chi connectivity index (χ1) is 16.5. The molecule has 5 rings (SSSR count). The smallest absolute Gasteiger partial charge is 0.338 e. The zero-order valence-corrected chi connectivity index (χ0v) is 21.1. The van der Waals surface area contributed by atoms with Gasteiger partial charge in [-0.15, -0.1) is 0 Å². The largest absolute Gasteiger partial charge is 0.497 e. The number of nitrogens with zero attached hydrogens (tertiary/aromatic N) is 1.